The van der Waals surface area contributed by atoms with E-state index in [0.717, 1.165) is 5.56 Å². The lowest BCUT2D eigenvalue weighted by Gasteiger charge is -2.02. The molecule has 0 bridgehead atoms. The van der Waals surface area contributed by atoms with Gasteiger partial charge in [-0.05, 0) is 18.2 Å². The number of rotatable bonds is 1. The van der Waals surface area contributed by atoms with E-state index in [2.05, 4.69) is 15.2 Å². The summed E-state index contributed by atoms with van der Waals surface area (Å²) in [6.07, 6.45) is 5.22. The molecule has 6 heteroatoms. The van der Waals surface area contributed by atoms with Crippen molar-refractivity contribution in [1.82, 2.24) is 19.6 Å². The van der Waals surface area contributed by atoms with Crippen LogP contribution in [0.5, 0.6) is 0 Å². The molecule has 0 aromatic carbocycles. The van der Waals surface area contributed by atoms with Gasteiger partial charge in [-0.25, -0.2) is 0 Å². The van der Waals surface area contributed by atoms with Crippen LogP contribution in [0.4, 0.5) is 5.69 Å². The fourth-order valence-electron chi connectivity index (χ4n) is 1.64. The quantitative estimate of drug-likeness (QED) is 0.712. The van der Waals surface area contributed by atoms with Crippen molar-refractivity contribution in [2.45, 2.75) is 0 Å². The minimum Gasteiger partial charge on any atom is -0.394 e. The molecule has 0 fully saturated rings. The Kier molecular flexibility index (Phi) is 2.19. The third-order valence-electron chi connectivity index (χ3n) is 2.48. The average molecular weight is 246 g/mol. The van der Waals surface area contributed by atoms with Gasteiger partial charge in [0.15, 0.2) is 11.5 Å². The molecule has 0 saturated heterocycles. The molecule has 3 aromatic heterocycles. The van der Waals surface area contributed by atoms with Crippen LogP contribution in [0, 0.1) is 0 Å². The van der Waals surface area contributed by atoms with Crippen molar-refractivity contribution >= 4 is 22.9 Å². The van der Waals surface area contributed by atoms with Crippen molar-refractivity contribution in [1.29, 1.82) is 0 Å². The number of anilines is 1. The zero-order valence-electron chi connectivity index (χ0n) is 8.71. The van der Waals surface area contributed by atoms with Crippen molar-refractivity contribution in [3.05, 3.63) is 41.8 Å². The molecule has 84 valence electrons. The topological polar surface area (TPSA) is 69.1 Å². The van der Waals surface area contributed by atoms with Gasteiger partial charge in [-0.1, -0.05) is 11.6 Å². The second-order valence-electron chi connectivity index (χ2n) is 3.54. The van der Waals surface area contributed by atoms with E-state index in [1.807, 2.05) is 12.1 Å². The molecular weight excluding hydrogens is 238 g/mol. The second kappa shape index (κ2) is 3.71. The fourth-order valence-corrected chi connectivity index (χ4v) is 1.79. The van der Waals surface area contributed by atoms with E-state index in [9.17, 15) is 0 Å². The van der Waals surface area contributed by atoms with E-state index < -0.39 is 0 Å². The van der Waals surface area contributed by atoms with Crippen molar-refractivity contribution in [3.63, 3.8) is 0 Å². The Hall–Kier alpha value is -2.14. The number of fused-ring (bicyclic) bond motifs is 1. The van der Waals surface area contributed by atoms with Crippen molar-refractivity contribution < 1.29 is 0 Å². The smallest absolute Gasteiger partial charge is 0.185 e. The number of nitrogen functional groups attached to an aromatic ring is 1. The highest BCUT2D eigenvalue weighted by atomic mass is 35.5. The summed E-state index contributed by atoms with van der Waals surface area (Å²) in [5.74, 6) is 0.691. The van der Waals surface area contributed by atoms with Crippen LogP contribution in [-0.2, 0) is 0 Å². The monoisotopic (exact) mass is 245 g/mol. The largest absolute Gasteiger partial charge is 0.394 e. The van der Waals surface area contributed by atoms with Crippen molar-refractivity contribution in [3.8, 4) is 11.4 Å². The molecule has 0 unspecified atom stereocenters. The maximum Gasteiger partial charge on any atom is 0.185 e. The summed E-state index contributed by atoms with van der Waals surface area (Å²) in [5.41, 5.74) is 7.70. The Morgan fingerprint density at radius 3 is 2.88 bits per heavy atom. The van der Waals surface area contributed by atoms with Gasteiger partial charge in [0, 0.05) is 24.2 Å². The van der Waals surface area contributed by atoms with Crippen LogP contribution < -0.4 is 5.73 Å². The number of aromatic nitrogens is 4. The third-order valence-corrected chi connectivity index (χ3v) is 2.81. The van der Waals surface area contributed by atoms with Crippen LogP contribution in [0.3, 0.4) is 0 Å². The molecule has 0 aliphatic carbocycles. The lowest BCUT2D eigenvalue weighted by Crippen LogP contribution is -1.95. The Bertz CT molecular complexity index is 677. The molecule has 0 aliphatic rings. The standard InChI is InChI=1S/C11H8ClN5/c12-8-3-5-17-10(7-2-1-4-14-6-7)15-16-11(17)9(8)13/h1-6H,13H2. The first-order chi connectivity index (χ1) is 8.27. The van der Waals surface area contributed by atoms with E-state index >= 15 is 0 Å². The Morgan fingerprint density at radius 1 is 1.24 bits per heavy atom. The first kappa shape index (κ1) is 10.0. The van der Waals surface area contributed by atoms with Crippen LogP contribution in [0.15, 0.2) is 36.8 Å². The Balaban J connectivity index is 2.30. The Labute approximate surface area is 102 Å². The molecule has 2 N–H and O–H groups in total. The molecule has 5 nitrogen and oxygen atoms in total. The van der Waals surface area contributed by atoms with Crippen molar-refractivity contribution in [2.75, 3.05) is 5.73 Å². The summed E-state index contributed by atoms with van der Waals surface area (Å²) in [5, 5.41) is 8.61. The SMILES string of the molecule is Nc1c(Cl)ccn2c(-c3cccnc3)nnc12. The molecule has 0 atom stereocenters. The van der Waals surface area contributed by atoms with Gasteiger partial charge in [0.25, 0.3) is 0 Å². The van der Waals surface area contributed by atoms with Gasteiger partial charge in [0.05, 0.1) is 10.7 Å². The highest BCUT2D eigenvalue weighted by Crippen LogP contribution is 2.25. The van der Waals surface area contributed by atoms with Gasteiger partial charge in [-0.3, -0.25) is 9.38 Å². The van der Waals surface area contributed by atoms with Crippen LogP contribution in [0.25, 0.3) is 17.0 Å². The number of hydrogen-bond acceptors (Lipinski definition) is 4. The highest BCUT2D eigenvalue weighted by Gasteiger charge is 2.11. The minimum atomic E-state index is 0.428. The van der Waals surface area contributed by atoms with E-state index in [1.165, 1.54) is 0 Å². The zero-order valence-corrected chi connectivity index (χ0v) is 9.46. The molecule has 3 heterocycles. The molecule has 0 aliphatic heterocycles. The summed E-state index contributed by atoms with van der Waals surface area (Å²) in [6.45, 7) is 0. The normalized spacial score (nSPS) is 10.9. The lowest BCUT2D eigenvalue weighted by atomic mass is 10.3. The predicted octanol–water partition coefficient (Wildman–Crippen LogP) is 2.03. The lowest BCUT2D eigenvalue weighted by molar-refractivity contribution is 1.11. The molecule has 3 rings (SSSR count). The summed E-state index contributed by atoms with van der Waals surface area (Å²) >= 11 is 5.92. The van der Waals surface area contributed by atoms with Gasteiger partial charge in [-0.15, -0.1) is 10.2 Å². The van der Waals surface area contributed by atoms with E-state index in [0.29, 0.717) is 22.2 Å². The minimum absolute atomic E-state index is 0.428. The van der Waals surface area contributed by atoms with Crippen LogP contribution in [0.2, 0.25) is 5.02 Å². The molecule has 17 heavy (non-hydrogen) atoms. The van der Waals surface area contributed by atoms with Gasteiger partial charge in [-0.2, -0.15) is 0 Å². The summed E-state index contributed by atoms with van der Waals surface area (Å²) in [4.78, 5) is 4.05. The summed E-state index contributed by atoms with van der Waals surface area (Å²) in [6, 6.07) is 5.47. The zero-order chi connectivity index (χ0) is 11.8. The molecule has 0 spiro atoms. The number of pyridine rings is 2. The fraction of sp³-hybridized carbons (Fsp3) is 0. The number of hydrogen-bond donors (Lipinski definition) is 1. The first-order valence-corrected chi connectivity index (χ1v) is 5.34. The van der Waals surface area contributed by atoms with Gasteiger partial charge in [0.1, 0.15) is 0 Å². The summed E-state index contributed by atoms with van der Waals surface area (Å²) < 4.78 is 1.79. The molecule has 3 aromatic rings. The van der Waals surface area contributed by atoms with Gasteiger partial charge < -0.3 is 5.73 Å². The average Bonchev–Trinajstić information content (AvgIpc) is 2.79. The van der Waals surface area contributed by atoms with Crippen LogP contribution in [-0.4, -0.2) is 19.6 Å². The summed E-state index contributed by atoms with van der Waals surface area (Å²) in [7, 11) is 0. The first-order valence-electron chi connectivity index (χ1n) is 4.96. The van der Waals surface area contributed by atoms with Crippen LogP contribution >= 0.6 is 11.6 Å². The predicted molar refractivity (Wildman–Crippen MR) is 65.6 cm³/mol. The highest BCUT2D eigenvalue weighted by molar-refractivity contribution is 6.33. The Morgan fingerprint density at radius 2 is 2.12 bits per heavy atom. The maximum atomic E-state index is 5.92. The van der Waals surface area contributed by atoms with Gasteiger partial charge >= 0.3 is 0 Å². The van der Waals surface area contributed by atoms with E-state index in [-0.39, 0.29) is 0 Å². The van der Waals surface area contributed by atoms with E-state index in [1.54, 1.807) is 29.1 Å². The second-order valence-corrected chi connectivity index (χ2v) is 3.94. The van der Waals surface area contributed by atoms with Crippen LogP contribution in [0.1, 0.15) is 0 Å². The number of nitrogens with two attached hydrogens (primary N) is 1. The van der Waals surface area contributed by atoms with Crippen molar-refractivity contribution in [2.24, 2.45) is 0 Å². The molecule has 0 radical (unpaired) electrons. The number of halogens is 1. The number of nitrogens with zero attached hydrogens (tertiary/aromatic N) is 4. The molecular formula is C11H8ClN5. The molecule has 0 saturated carbocycles. The van der Waals surface area contributed by atoms with E-state index in [4.69, 9.17) is 17.3 Å². The molecule has 0 amide bonds. The third kappa shape index (κ3) is 1.52. The maximum absolute atomic E-state index is 5.92. The van der Waals surface area contributed by atoms with Gasteiger partial charge in [0.2, 0.25) is 0 Å².